The largest absolute Gasteiger partial charge is 0.481 e. The molecule has 0 radical (unpaired) electrons. The summed E-state index contributed by atoms with van der Waals surface area (Å²) in [6, 6.07) is 1.16. The van der Waals surface area contributed by atoms with Crippen LogP contribution in [-0.4, -0.2) is 21.0 Å². The molecule has 0 aromatic carbocycles. The maximum absolute atomic E-state index is 10.5. The number of aliphatic carboxylic acids is 1. The maximum atomic E-state index is 10.5. The van der Waals surface area contributed by atoms with Gasteiger partial charge in [-0.1, -0.05) is 20.8 Å². The Kier molecular flexibility index (Phi) is 3.59. The summed E-state index contributed by atoms with van der Waals surface area (Å²) < 4.78 is 0. The highest BCUT2D eigenvalue weighted by Gasteiger charge is 2.19. The number of nitrogens with two attached hydrogens (primary N) is 1. The Morgan fingerprint density at radius 2 is 2.19 bits per heavy atom. The van der Waals surface area contributed by atoms with Gasteiger partial charge in [0.25, 0.3) is 0 Å². The van der Waals surface area contributed by atoms with Gasteiger partial charge in [0, 0.05) is 17.3 Å². The zero-order chi connectivity index (χ0) is 12.3. The smallest absolute Gasteiger partial charge is 0.305 e. The van der Waals surface area contributed by atoms with Crippen molar-refractivity contribution in [1.29, 1.82) is 0 Å². The fourth-order valence-corrected chi connectivity index (χ4v) is 1.25. The summed E-state index contributed by atoms with van der Waals surface area (Å²) in [4.78, 5) is 18.8. The number of nitrogens with zero attached hydrogens (tertiary/aromatic N) is 2. The van der Waals surface area contributed by atoms with Crippen LogP contribution < -0.4 is 5.73 Å². The summed E-state index contributed by atoms with van der Waals surface area (Å²) in [6.45, 7) is 6.09. The number of rotatable bonds is 3. The standard InChI is InChI=1S/C11H17N3O2/c1-11(2,3)8-4-5-13-10(14-8)7(12)6-9(15)16/h4-5,7H,6,12H2,1-3H3,(H,15,16). The summed E-state index contributed by atoms with van der Waals surface area (Å²) in [7, 11) is 0. The van der Waals surface area contributed by atoms with Gasteiger partial charge in [-0.15, -0.1) is 0 Å². The molecular formula is C11H17N3O2. The van der Waals surface area contributed by atoms with Crippen molar-refractivity contribution in [2.45, 2.75) is 38.6 Å². The van der Waals surface area contributed by atoms with Crippen LogP contribution in [0, 0.1) is 0 Å². The fraction of sp³-hybridized carbons (Fsp3) is 0.545. The zero-order valence-electron chi connectivity index (χ0n) is 9.77. The number of carbonyl (C=O) groups is 1. The number of hydrogen-bond donors (Lipinski definition) is 2. The predicted octanol–water partition coefficient (Wildman–Crippen LogP) is 1.25. The molecule has 1 aromatic heterocycles. The topological polar surface area (TPSA) is 89.1 Å². The first-order chi connectivity index (χ1) is 7.30. The third-order valence-electron chi connectivity index (χ3n) is 2.17. The molecular weight excluding hydrogens is 206 g/mol. The van der Waals surface area contributed by atoms with E-state index in [9.17, 15) is 4.79 Å². The van der Waals surface area contributed by atoms with E-state index in [0.717, 1.165) is 5.69 Å². The van der Waals surface area contributed by atoms with Crippen LogP contribution in [0.3, 0.4) is 0 Å². The first kappa shape index (κ1) is 12.6. The Morgan fingerprint density at radius 3 is 2.69 bits per heavy atom. The maximum Gasteiger partial charge on any atom is 0.305 e. The molecule has 1 aromatic rings. The lowest BCUT2D eigenvalue weighted by Crippen LogP contribution is -2.21. The minimum Gasteiger partial charge on any atom is -0.481 e. The molecule has 1 heterocycles. The lowest BCUT2D eigenvalue weighted by atomic mass is 9.92. The van der Waals surface area contributed by atoms with Crippen molar-refractivity contribution in [1.82, 2.24) is 9.97 Å². The molecule has 0 spiro atoms. The lowest BCUT2D eigenvalue weighted by Gasteiger charge is -2.18. The number of carboxylic acid groups (broad SMARTS) is 1. The van der Waals surface area contributed by atoms with Crippen molar-refractivity contribution in [2.24, 2.45) is 5.73 Å². The van der Waals surface area contributed by atoms with E-state index >= 15 is 0 Å². The van der Waals surface area contributed by atoms with Gasteiger partial charge in [0.2, 0.25) is 0 Å². The Hall–Kier alpha value is -1.49. The van der Waals surface area contributed by atoms with Gasteiger partial charge in [0.05, 0.1) is 12.5 Å². The number of carboxylic acids is 1. The Balaban J connectivity index is 2.94. The fourth-order valence-electron chi connectivity index (χ4n) is 1.25. The number of hydrogen-bond acceptors (Lipinski definition) is 4. The van der Waals surface area contributed by atoms with Crippen LogP contribution >= 0.6 is 0 Å². The third-order valence-corrected chi connectivity index (χ3v) is 2.17. The Morgan fingerprint density at radius 1 is 1.56 bits per heavy atom. The average molecular weight is 223 g/mol. The summed E-state index contributed by atoms with van der Waals surface area (Å²) in [5.74, 6) is -0.563. The highest BCUT2D eigenvalue weighted by Crippen LogP contribution is 2.20. The molecule has 0 fully saturated rings. The molecule has 0 bridgehead atoms. The number of aromatic nitrogens is 2. The van der Waals surface area contributed by atoms with E-state index in [1.807, 2.05) is 26.8 Å². The van der Waals surface area contributed by atoms with Crippen molar-refractivity contribution >= 4 is 5.97 Å². The molecule has 0 aliphatic heterocycles. The molecule has 0 saturated heterocycles. The average Bonchev–Trinajstić information content (AvgIpc) is 2.15. The highest BCUT2D eigenvalue weighted by molar-refractivity contribution is 5.67. The van der Waals surface area contributed by atoms with Gasteiger partial charge in [-0.25, -0.2) is 9.97 Å². The van der Waals surface area contributed by atoms with E-state index in [4.69, 9.17) is 10.8 Å². The molecule has 0 amide bonds. The monoisotopic (exact) mass is 223 g/mol. The van der Waals surface area contributed by atoms with E-state index in [2.05, 4.69) is 9.97 Å². The van der Waals surface area contributed by atoms with Crippen LogP contribution in [0.1, 0.15) is 44.8 Å². The van der Waals surface area contributed by atoms with Crippen LogP contribution in [0.2, 0.25) is 0 Å². The summed E-state index contributed by atoms with van der Waals surface area (Å²) in [6.07, 6.45) is 1.46. The van der Waals surface area contributed by atoms with Crippen LogP contribution in [0.4, 0.5) is 0 Å². The Labute approximate surface area is 94.7 Å². The van der Waals surface area contributed by atoms with Crippen LogP contribution in [0.25, 0.3) is 0 Å². The van der Waals surface area contributed by atoms with Gasteiger partial charge in [0.1, 0.15) is 5.82 Å². The second kappa shape index (κ2) is 4.57. The molecule has 1 unspecified atom stereocenters. The minimum absolute atomic E-state index is 0.0966. The minimum atomic E-state index is -0.947. The van der Waals surface area contributed by atoms with Gasteiger partial charge in [-0.2, -0.15) is 0 Å². The van der Waals surface area contributed by atoms with E-state index in [1.54, 1.807) is 6.20 Å². The normalized spacial score (nSPS) is 13.5. The molecule has 0 aliphatic carbocycles. The van der Waals surface area contributed by atoms with Gasteiger partial charge in [0.15, 0.2) is 0 Å². The summed E-state index contributed by atoms with van der Waals surface area (Å²) in [5, 5.41) is 8.64. The molecule has 5 heteroatoms. The molecule has 1 rings (SSSR count). The van der Waals surface area contributed by atoms with Crippen LogP contribution in [0.15, 0.2) is 12.3 Å². The highest BCUT2D eigenvalue weighted by atomic mass is 16.4. The quantitative estimate of drug-likeness (QED) is 0.805. The van der Waals surface area contributed by atoms with Crippen LogP contribution in [-0.2, 0) is 10.2 Å². The van der Waals surface area contributed by atoms with E-state index in [1.165, 1.54) is 0 Å². The SMILES string of the molecule is CC(C)(C)c1ccnc(C(N)CC(=O)O)n1. The second-order valence-electron chi connectivity index (χ2n) is 4.75. The van der Waals surface area contributed by atoms with E-state index in [-0.39, 0.29) is 11.8 Å². The molecule has 0 saturated carbocycles. The lowest BCUT2D eigenvalue weighted by molar-refractivity contribution is -0.137. The van der Waals surface area contributed by atoms with Crippen molar-refractivity contribution in [3.05, 3.63) is 23.8 Å². The van der Waals surface area contributed by atoms with Crippen LogP contribution in [0.5, 0.6) is 0 Å². The summed E-state index contributed by atoms with van der Waals surface area (Å²) in [5.41, 5.74) is 6.47. The first-order valence-corrected chi connectivity index (χ1v) is 5.11. The van der Waals surface area contributed by atoms with E-state index < -0.39 is 12.0 Å². The van der Waals surface area contributed by atoms with Gasteiger partial charge in [-0.05, 0) is 6.07 Å². The zero-order valence-corrected chi connectivity index (χ0v) is 9.77. The van der Waals surface area contributed by atoms with Gasteiger partial charge in [-0.3, -0.25) is 4.79 Å². The molecule has 0 aliphatic rings. The second-order valence-corrected chi connectivity index (χ2v) is 4.75. The summed E-state index contributed by atoms with van der Waals surface area (Å²) >= 11 is 0. The Bertz CT molecular complexity index is 385. The van der Waals surface area contributed by atoms with Crippen molar-refractivity contribution in [2.75, 3.05) is 0 Å². The molecule has 88 valence electrons. The predicted molar refractivity (Wildman–Crippen MR) is 59.9 cm³/mol. The van der Waals surface area contributed by atoms with Crippen molar-refractivity contribution in [3.63, 3.8) is 0 Å². The molecule has 3 N–H and O–H groups in total. The van der Waals surface area contributed by atoms with E-state index in [0.29, 0.717) is 5.82 Å². The van der Waals surface area contributed by atoms with Crippen molar-refractivity contribution < 1.29 is 9.90 Å². The first-order valence-electron chi connectivity index (χ1n) is 5.11. The molecule has 1 atom stereocenters. The van der Waals surface area contributed by atoms with Gasteiger partial charge >= 0.3 is 5.97 Å². The molecule has 16 heavy (non-hydrogen) atoms. The van der Waals surface area contributed by atoms with Crippen molar-refractivity contribution in [3.8, 4) is 0 Å². The molecule has 5 nitrogen and oxygen atoms in total. The van der Waals surface area contributed by atoms with Gasteiger partial charge < -0.3 is 10.8 Å². The third kappa shape index (κ3) is 3.27.